The molecule has 0 aliphatic rings. The van der Waals surface area contributed by atoms with Crippen LogP contribution >= 0.6 is 11.6 Å². The van der Waals surface area contributed by atoms with Crippen LogP contribution in [0, 0.1) is 0 Å². The van der Waals surface area contributed by atoms with Crippen molar-refractivity contribution in [3.05, 3.63) is 16.8 Å². The van der Waals surface area contributed by atoms with Gasteiger partial charge in [-0.25, -0.2) is 27.3 Å². The molecule has 1 aromatic heterocycles. The monoisotopic (exact) mass is 258 g/mol. The van der Waals surface area contributed by atoms with Gasteiger partial charge in [-0.2, -0.15) is 0 Å². The first kappa shape index (κ1) is 12.1. The number of nitrogens with zero attached hydrogens (tertiary/aromatic N) is 1. The first-order valence-corrected chi connectivity index (χ1v) is 5.36. The highest BCUT2D eigenvalue weighted by molar-refractivity contribution is 7.89. The zero-order valence-electron chi connectivity index (χ0n) is 6.99. The van der Waals surface area contributed by atoms with Crippen LogP contribution in [0.3, 0.4) is 0 Å². The molecule has 0 radical (unpaired) electrons. The maximum Gasteiger partial charge on any atom is 0.269 e. The first-order chi connectivity index (χ1) is 6.75. The van der Waals surface area contributed by atoms with Gasteiger partial charge in [0.05, 0.1) is 16.8 Å². The summed E-state index contributed by atoms with van der Waals surface area (Å²) in [6.45, 7) is 0. The van der Waals surface area contributed by atoms with E-state index in [4.69, 9.17) is 16.7 Å². The third kappa shape index (κ3) is 2.33. The van der Waals surface area contributed by atoms with Gasteiger partial charge >= 0.3 is 0 Å². The largest absolute Gasteiger partial charge is 0.506 e. The number of nitrogens with two attached hydrogens (primary N) is 1. The molecule has 0 saturated heterocycles. The van der Waals surface area contributed by atoms with Gasteiger partial charge in [-0.3, -0.25) is 0 Å². The molecular formula is C6H5ClF2N2O3S. The van der Waals surface area contributed by atoms with Crippen molar-refractivity contribution in [3.8, 4) is 5.75 Å². The fraction of sp³-hybridized carbons (Fsp3) is 0.167. The van der Waals surface area contributed by atoms with E-state index in [1.54, 1.807) is 0 Å². The second kappa shape index (κ2) is 3.87. The van der Waals surface area contributed by atoms with Gasteiger partial charge in [0.15, 0.2) is 5.03 Å². The summed E-state index contributed by atoms with van der Waals surface area (Å²) in [4.78, 5) is 3.16. The molecule has 0 bridgehead atoms. The van der Waals surface area contributed by atoms with Crippen LogP contribution in [0.25, 0.3) is 0 Å². The molecule has 0 aliphatic heterocycles. The van der Waals surface area contributed by atoms with Crippen molar-refractivity contribution in [2.24, 2.45) is 5.14 Å². The molecule has 0 atom stereocenters. The van der Waals surface area contributed by atoms with Crippen LogP contribution in [0.1, 0.15) is 12.0 Å². The quantitative estimate of drug-likeness (QED) is 0.828. The third-order valence-corrected chi connectivity index (χ3v) is 2.84. The van der Waals surface area contributed by atoms with Crippen molar-refractivity contribution in [3.63, 3.8) is 0 Å². The van der Waals surface area contributed by atoms with Gasteiger partial charge in [-0.15, -0.1) is 0 Å². The van der Waals surface area contributed by atoms with E-state index in [0.717, 1.165) is 0 Å². The number of hydrogen-bond acceptors (Lipinski definition) is 4. The summed E-state index contributed by atoms with van der Waals surface area (Å²) in [6.07, 6.45) is -2.58. The minimum absolute atomic E-state index is 0.549. The minimum atomic E-state index is -4.29. The van der Waals surface area contributed by atoms with Crippen molar-refractivity contribution in [1.82, 2.24) is 4.98 Å². The highest BCUT2D eigenvalue weighted by Crippen LogP contribution is 2.36. The molecule has 0 unspecified atom stereocenters. The predicted molar refractivity (Wildman–Crippen MR) is 47.2 cm³/mol. The molecule has 1 aromatic rings. The summed E-state index contributed by atoms with van der Waals surface area (Å²) in [5.74, 6) is -0.887. The molecule has 1 heterocycles. The van der Waals surface area contributed by atoms with E-state index in [9.17, 15) is 17.2 Å². The number of aromatic hydroxyl groups is 1. The Morgan fingerprint density at radius 1 is 1.53 bits per heavy atom. The summed E-state index contributed by atoms with van der Waals surface area (Å²) < 4.78 is 46.4. The number of hydrogen-bond donors (Lipinski definition) is 2. The topological polar surface area (TPSA) is 93.3 Å². The lowest BCUT2D eigenvalue weighted by atomic mass is 10.2. The van der Waals surface area contributed by atoms with E-state index in [1.165, 1.54) is 0 Å². The van der Waals surface area contributed by atoms with Gasteiger partial charge in [-0.05, 0) is 0 Å². The van der Waals surface area contributed by atoms with Crippen LogP contribution in [0.4, 0.5) is 8.78 Å². The average molecular weight is 259 g/mol. The van der Waals surface area contributed by atoms with Crippen molar-refractivity contribution in [2.45, 2.75) is 11.5 Å². The number of primary sulfonamides is 1. The van der Waals surface area contributed by atoms with Crippen LogP contribution in [0.15, 0.2) is 11.2 Å². The van der Waals surface area contributed by atoms with Crippen LogP contribution in [-0.4, -0.2) is 18.5 Å². The Kier molecular flexibility index (Phi) is 3.12. The summed E-state index contributed by atoms with van der Waals surface area (Å²) >= 11 is 5.33. The molecule has 0 amide bonds. The summed E-state index contributed by atoms with van der Waals surface area (Å²) in [5, 5.41) is 11.9. The Morgan fingerprint density at radius 3 is 2.47 bits per heavy atom. The van der Waals surface area contributed by atoms with Gasteiger partial charge in [0.1, 0.15) is 5.75 Å². The van der Waals surface area contributed by atoms with Crippen LogP contribution in [0.5, 0.6) is 5.75 Å². The smallest absolute Gasteiger partial charge is 0.269 e. The van der Waals surface area contributed by atoms with Gasteiger partial charge in [0, 0.05) is 0 Å². The molecule has 5 nitrogen and oxygen atoms in total. The highest BCUT2D eigenvalue weighted by atomic mass is 35.5. The Bertz CT molecular complexity index is 491. The van der Waals surface area contributed by atoms with Gasteiger partial charge < -0.3 is 5.11 Å². The molecule has 0 fully saturated rings. The lowest BCUT2D eigenvalue weighted by Crippen LogP contribution is -2.15. The average Bonchev–Trinajstić information content (AvgIpc) is 2.00. The standard InChI is InChI=1S/C6H5ClF2N2O3S/c7-4-3(5(8)9)2(12)1-11-6(4)15(10,13)14/h1,5,12H,(H2,10,13,14). The van der Waals surface area contributed by atoms with Gasteiger partial charge in [0.2, 0.25) is 0 Å². The first-order valence-electron chi connectivity index (χ1n) is 3.43. The number of rotatable bonds is 2. The van der Waals surface area contributed by atoms with Gasteiger partial charge in [0.25, 0.3) is 16.4 Å². The zero-order valence-corrected chi connectivity index (χ0v) is 8.56. The molecule has 0 spiro atoms. The summed E-state index contributed by atoms with van der Waals surface area (Å²) in [7, 11) is -4.29. The van der Waals surface area contributed by atoms with E-state index in [1.807, 2.05) is 0 Å². The maximum atomic E-state index is 12.3. The summed E-state index contributed by atoms with van der Waals surface area (Å²) in [6, 6.07) is 0. The number of alkyl halides is 2. The van der Waals surface area contributed by atoms with E-state index in [-0.39, 0.29) is 0 Å². The van der Waals surface area contributed by atoms with Crippen molar-refractivity contribution in [2.75, 3.05) is 0 Å². The molecule has 15 heavy (non-hydrogen) atoms. The second-order valence-corrected chi connectivity index (χ2v) is 4.38. The van der Waals surface area contributed by atoms with E-state index >= 15 is 0 Å². The Labute approximate surface area is 88.5 Å². The molecule has 0 saturated carbocycles. The molecule has 84 valence electrons. The molecule has 0 aliphatic carbocycles. The molecule has 0 aromatic carbocycles. The molecule has 1 rings (SSSR count). The Morgan fingerprint density at radius 2 is 2.07 bits per heavy atom. The fourth-order valence-corrected chi connectivity index (χ4v) is 1.99. The van der Waals surface area contributed by atoms with Crippen molar-refractivity contribution < 1.29 is 22.3 Å². The Hall–Kier alpha value is -0.990. The van der Waals surface area contributed by atoms with E-state index < -0.39 is 37.8 Å². The molecular weight excluding hydrogens is 254 g/mol. The van der Waals surface area contributed by atoms with Crippen molar-refractivity contribution in [1.29, 1.82) is 0 Å². The van der Waals surface area contributed by atoms with Crippen LogP contribution in [-0.2, 0) is 10.0 Å². The number of halogens is 3. The lowest BCUT2D eigenvalue weighted by molar-refractivity contribution is 0.147. The normalized spacial score (nSPS) is 12.1. The van der Waals surface area contributed by atoms with E-state index in [0.29, 0.717) is 6.20 Å². The molecule has 9 heteroatoms. The van der Waals surface area contributed by atoms with Crippen molar-refractivity contribution >= 4 is 21.6 Å². The molecule has 3 N–H and O–H groups in total. The third-order valence-electron chi connectivity index (χ3n) is 1.49. The number of pyridine rings is 1. The fourth-order valence-electron chi connectivity index (χ4n) is 0.880. The summed E-state index contributed by atoms with van der Waals surface area (Å²) in [5.41, 5.74) is -1.00. The lowest BCUT2D eigenvalue weighted by Gasteiger charge is -2.08. The maximum absolute atomic E-state index is 12.3. The highest BCUT2D eigenvalue weighted by Gasteiger charge is 2.25. The second-order valence-electron chi connectivity index (χ2n) is 2.52. The van der Waals surface area contributed by atoms with E-state index in [2.05, 4.69) is 10.1 Å². The minimum Gasteiger partial charge on any atom is -0.506 e. The van der Waals surface area contributed by atoms with Crippen LogP contribution < -0.4 is 5.14 Å². The van der Waals surface area contributed by atoms with Gasteiger partial charge in [-0.1, -0.05) is 11.6 Å². The van der Waals surface area contributed by atoms with Crippen LogP contribution in [0.2, 0.25) is 5.02 Å². The number of aromatic nitrogens is 1. The number of sulfonamides is 1. The zero-order chi connectivity index (χ0) is 11.8. The predicted octanol–water partition coefficient (Wildman–Crippen LogP) is 1.03. The Balaban J connectivity index is 3.56. The SMILES string of the molecule is NS(=O)(=O)c1ncc(O)c(C(F)F)c1Cl.